The van der Waals surface area contributed by atoms with Gasteiger partial charge in [-0.1, -0.05) is 0 Å². The lowest BCUT2D eigenvalue weighted by atomic mass is 9.36. The van der Waals surface area contributed by atoms with Crippen molar-refractivity contribution in [2.24, 2.45) is 0 Å². The second-order valence-corrected chi connectivity index (χ2v) is 6.30. The van der Waals surface area contributed by atoms with E-state index in [1.54, 1.807) is 0 Å². The van der Waals surface area contributed by atoms with Gasteiger partial charge in [0.2, 0.25) is 0 Å². The van der Waals surface area contributed by atoms with Crippen molar-refractivity contribution >= 4 is 23.1 Å². The van der Waals surface area contributed by atoms with Gasteiger partial charge in [-0.3, -0.25) is 0 Å². The molecular formula is C19H6BF11O. The first-order valence-corrected chi connectivity index (χ1v) is 8.29. The molecule has 0 atom stereocenters. The molecule has 3 aromatic carbocycles. The molecule has 0 aliphatic rings. The largest absolute Gasteiger partial charge is 0.494 e. The van der Waals surface area contributed by atoms with Crippen LogP contribution in [0.5, 0.6) is 5.75 Å². The van der Waals surface area contributed by atoms with Gasteiger partial charge >= 0.3 is 0 Å². The molecule has 0 spiro atoms. The standard InChI is InChI=1S/C19H6BF11O/c1-32-10-4-9(25)14(26)13(17(10)29)20(11-5(21)2-7(23)15(27)18(11)30)12-6(22)3-8(24)16(28)19(12)31/h2-4H,1H3. The van der Waals surface area contributed by atoms with Crippen LogP contribution in [-0.4, -0.2) is 13.8 Å². The van der Waals surface area contributed by atoms with E-state index in [0.29, 0.717) is 0 Å². The van der Waals surface area contributed by atoms with Crippen LogP contribution in [0.3, 0.4) is 0 Å². The topological polar surface area (TPSA) is 9.23 Å². The smallest absolute Gasteiger partial charge is 0.264 e. The minimum absolute atomic E-state index is 0.126. The molecule has 0 heterocycles. The normalized spacial score (nSPS) is 11.1. The van der Waals surface area contributed by atoms with Crippen molar-refractivity contribution in [3.8, 4) is 5.75 Å². The van der Waals surface area contributed by atoms with E-state index in [-0.39, 0.29) is 18.2 Å². The summed E-state index contributed by atoms with van der Waals surface area (Å²) in [7, 11) is 0.742. The van der Waals surface area contributed by atoms with Crippen molar-refractivity contribution in [2.75, 3.05) is 7.11 Å². The molecule has 0 aliphatic heterocycles. The fraction of sp³-hybridized carbons (Fsp3) is 0.0526. The van der Waals surface area contributed by atoms with Crippen molar-refractivity contribution in [1.29, 1.82) is 0 Å². The van der Waals surface area contributed by atoms with Gasteiger partial charge in [0.1, 0.15) is 11.6 Å². The molecule has 0 saturated carbocycles. The van der Waals surface area contributed by atoms with Crippen molar-refractivity contribution < 1.29 is 53.0 Å². The Bertz CT molecular complexity index is 1180. The number of benzene rings is 3. The summed E-state index contributed by atoms with van der Waals surface area (Å²) < 4.78 is 160. The Labute approximate surface area is 172 Å². The minimum atomic E-state index is -3.13. The molecule has 3 aromatic rings. The number of rotatable bonds is 4. The van der Waals surface area contributed by atoms with E-state index >= 15 is 0 Å². The summed E-state index contributed by atoms with van der Waals surface area (Å²) in [6.45, 7) is -3.13. The summed E-state index contributed by atoms with van der Waals surface area (Å²) in [6, 6.07) is -0.535. The highest BCUT2D eigenvalue weighted by Gasteiger charge is 2.41. The quantitative estimate of drug-likeness (QED) is 0.245. The van der Waals surface area contributed by atoms with E-state index in [1.807, 2.05) is 0 Å². The number of hydrogen-bond donors (Lipinski definition) is 0. The third-order valence-corrected chi connectivity index (χ3v) is 4.54. The molecule has 0 N–H and O–H groups in total. The van der Waals surface area contributed by atoms with Gasteiger partial charge in [-0.15, -0.1) is 0 Å². The Morgan fingerprint density at radius 3 is 1.28 bits per heavy atom. The van der Waals surface area contributed by atoms with E-state index in [0.717, 1.165) is 7.11 Å². The molecule has 13 heteroatoms. The first kappa shape index (κ1) is 23.4. The van der Waals surface area contributed by atoms with Gasteiger partial charge < -0.3 is 4.74 Å². The Kier molecular flexibility index (Phi) is 6.12. The lowest BCUT2D eigenvalue weighted by Crippen LogP contribution is -2.59. The van der Waals surface area contributed by atoms with Crippen LogP contribution in [0.1, 0.15) is 0 Å². The fourth-order valence-corrected chi connectivity index (χ4v) is 3.12. The summed E-state index contributed by atoms with van der Waals surface area (Å²) in [5.74, 6) is -25.7. The fourth-order valence-electron chi connectivity index (χ4n) is 3.12. The van der Waals surface area contributed by atoms with Crippen molar-refractivity contribution in [3.05, 3.63) is 82.2 Å². The third-order valence-electron chi connectivity index (χ3n) is 4.54. The number of halogens is 11. The Morgan fingerprint density at radius 2 is 0.875 bits per heavy atom. The molecule has 0 amide bonds. The van der Waals surface area contributed by atoms with Gasteiger partial charge in [-0.05, 0) is 0 Å². The highest BCUT2D eigenvalue weighted by molar-refractivity contribution is 6.95. The zero-order valence-corrected chi connectivity index (χ0v) is 15.4. The van der Waals surface area contributed by atoms with Gasteiger partial charge in [0.25, 0.3) is 6.71 Å². The molecule has 0 aromatic heterocycles. The predicted octanol–water partition coefficient (Wildman–Crippen LogP) is 3.74. The molecule has 0 unspecified atom stereocenters. The van der Waals surface area contributed by atoms with Gasteiger partial charge in [0.05, 0.1) is 7.11 Å². The van der Waals surface area contributed by atoms with E-state index < -0.39 is 92.8 Å². The molecule has 32 heavy (non-hydrogen) atoms. The zero-order chi connectivity index (χ0) is 24.1. The van der Waals surface area contributed by atoms with Crippen LogP contribution in [-0.2, 0) is 0 Å². The second kappa shape index (κ2) is 8.36. The monoisotopic (exact) mass is 470 g/mol. The van der Waals surface area contributed by atoms with Crippen LogP contribution < -0.4 is 21.1 Å². The lowest BCUT2D eigenvalue weighted by molar-refractivity contribution is 0.379. The van der Waals surface area contributed by atoms with Gasteiger partial charge in [-0.25, -0.2) is 48.3 Å². The molecule has 0 radical (unpaired) electrons. The molecule has 168 valence electrons. The minimum Gasteiger partial charge on any atom is -0.494 e. The van der Waals surface area contributed by atoms with Crippen LogP contribution in [0.2, 0.25) is 0 Å². The predicted molar refractivity (Wildman–Crippen MR) is 90.1 cm³/mol. The molecule has 0 aliphatic carbocycles. The average Bonchev–Trinajstić information content (AvgIpc) is 2.72. The Morgan fingerprint density at radius 1 is 0.469 bits per heavy atom. The summed E-state index contributed by atoms with van der Waals surface area (Å²) in [4.78, 5) is 0. The van der Waals surface area contributed by atoms with Crippen LogP contribution in [0.25, 0.3) is 0 Å². The van der Waals surface area contributed by atoms with Gasteiger partial charge in [0, 0.05) is 34.6 Å². The zero-order valence-electron chi connectivity index (χ0n) is 15.4. The maximum atomic E-state index is 14.9. The molecule has 0 fully saturated rings. The summed E-state index contributed by atoms with van der Waals surface area (Å²) in [5, 5.41) is 0. The first-order valence-electron chi connectivity index (χ1n) is 8.29. The molecular weight excluding hydrogens is 464 g/mol. The van der Waals surface area contributed by atoms with Crippen molar-refractivity contribution in [1.82, 2.24) is 0 Å². The highest BCUT2D eigenvalue weighted by Crippen LogP contribution is 2.22. The molecule has 0 bridgehead atoms. The lowest BCUT2D eigenvalue weighted by Gasteiger charge is -2.21. The van der Waals surface area contributed by atoms with Crippen LogP contribution in [0.15, 0.2) is 18.2 Å². The Hall–Kier alpha value is -3.25. The molecule has 0 saturated heterocycles. The Balaban J connectivity index is 2.58. The molecule has 1 nitrogen and oxygen atoms in total. The highest BCUT2D eigenvalue weighted by atomic mass is 19.2. The van der Waals surface area contributed by atoms with E-state index in [4.69, 9.17) is 0 Å². The van der Waals surface area contributed by atoms with Gasteiger partial charge in [-0.2, -0.15) is 0 Å². The van der Waals surface area contributed by atoms with Crippen LogP contribution >= 0.6 is 0 Å². The second-order valence-electron chi connectivity index (χ2n) is 6.30. The van der Waals surface area contributed by atoms with E-state index in [2.05, 4.69) is 4.74 Å². The van der Waals surface area contributed by atoms with Crippen LogP contribution in [0.4, 0.5) is 48.3 Å². The van der Waals surface area contributed by atoms with Crippen LogP contribution in [0, 0.1) is 64.0 Å². The maximum Gasteiger partial charge on any atom is 0.264 e. The first-order chi connectivity index (χ1) is 14.9. The number of methoxy groups -OCH3 is 1. The summed E-state index contributed by atoms with van der Waals surface area (Å²) in [5.41, 5.74) is -5.69. The summed E-state index contributed by atoms with van der Waals surface area (Å²) in [6.07, 6.45) is 0. The SMILES string of the molecule is COc1cc(F)c(F)c(B(c2c(F)cc(F)c(F)c2F)c2c(F)cc(F)c(F)c2F)c1F. The average molecular weight is 470 g/mol. The van der Waals surface area contributed by atoms with Gasteiger partial charge in [0.15, 0.2) is 58.1 Å². The number of ether oxygens (including phenoxy) is 1. The van der Waals surface area contributed by atoms with E-state index in [1.165, 1.54) is 0 Å². The number of hydrogen-bond acceptors (Lipinski definition) is 1. The van der Waals surface area contributed by atoms with E-state index in [9.17, 15) is 48.3 Å². The summed E-state index contributed by atoms with van der Waals surface area (Å²) >= 11 is 0. The maximum absolute atomic E-state index is 14.9. The third kappa shape index (κ3) is 3.54. The molecule has 3 rings (SSSR count). The van der Waals surface area contributed by atoms with Crippen molar-refractivity contribution in [2.45, 2.75) is 0 Å². The van der Waals surface area contributed by atoms with Crippen molar-refractivity contribution in [3.63, 3.8) is 0 Å².